The summed E-state index contributed by atoms with van der Waals surface area (Å²) in [7, 11) is 0. The highest BCUT2D eigenvalue weighted by Crippen LogP contribution is 2.22. The summed E-state index contributed by atoms with van der Waals surface area (Å²) < 4.78 is 0. The number of carboxylic acid groups (broad SMARTS) is 1. The molecule has 20 heavy (non-hydrogen) atoms. The van der Waals surface area contributed by atoms with Crippen molar-refractivity contribution in [1.29, 1.82) is 0 Å². The van der Waals surface area contributed by atoms with Crippen LogP contribution in [0.5, 0.6) is 0 Å². The molecule has 2 atom stereocenters. The van der Waals surface area contributed by atoms with E-state index < -0.39 is 12.0 Å². The van der Waals surface area contributed by atoms with Gasteiger partial charge in [-0.25, -0.2) is 4.79 Å². The van der Waals surface area contributed by atoms with Crippen molar-refractivity contribution in [2.24, 2.45) is 0 Å². The smallest absolute Gasteiger partial charge is 0.321 e. The highest BCUT2D eigenvalue weighted by Gasteiger charge is 2.36. The Labute approximate surface area is 117 Å². The van der Waals surface area contributed by atoms with Crippen molar-refractivity contribution < 1.29 is 19.5 Å². The first-order valence-corrected chi connectivity index (χ1v) is 7.07. The van der Waals surface area contributed by atoms with Gasteiger partial charge in [0.05, 0.1) is 6.42 Å². The molecule has 0 radical (unpaired) electrons. The summed E-state index contributed by atoms with van der Waals surface area (Å²) in [6, 6.07) is -0.965. The number of piperidine rings is 1. The molecule has 2 unspecified atom stereocenters. The van der Waals surface area contributed by atoms with E-state index in [9.17, 15) is 14.4 Å². The van der Waals surface area contributed by atoms with Gasteiger partial charge in [0.25, 0.3) is 0 Å². The summed E-state index contributed by atoms with van der Waals surface area (Å²) >= 11 is 0. The second-order valence-electron chi connectivity index (χ2n) is 5.38. The van der Waals surface area contributed by atoms with Gasteiger partial charge in [0.15, 0.2) is 0 Å². The van der Waals surface area contributed by atoms with Crippen molar-refractivity contribution in [1.82, 2.24) is 15.1 Å². The van der Waals surface area contributed by atoms with Crippen LogP contribution in [-0.2, 0) is 9.59 Å². The molecule has 0 saturated carbocycles. The maximum atomic E-state index is 12.6. The maximum absolute atomic E-state index is 12.6. The van der Waals surface area contributed by atoms with Gasteiger partial charge in [0, 0.05) is 25.7 Å². The molecule has 7 nitrogen and oxygen atoms in total. The van der Waals surface area contributed by atoms with E-state index in [1.54, 1.807) is 16.7 Å². The SMILES string of the molecule is CC1C(=O)NCCN1C(=O)N1CCCCC1CC(=O)O. The fourth-order valence-electron chi connectivity index (χ4n) is 2.87. The van der Waals surface area contributed by atoms with Crippen molar-refractivity contribution in [3.05, 3.63) is 0 Å². The Hall–Kier alpha value is -1.79. The number of carbonyl (C=O) groups excluding carboxylic acids is 2. The van der Waals surface area contributed by atoms with E-state index >= 15 is 0 Å². The number of amides is 3. The van der Waals surface area contributed by atoms with Crippen LogP contribution < -0.4 is 5.32 Å². The number of aliphatic carboxylic acids is 1. The predicted molar refractivity (Wildman–Crippen MR) is 71.2 cm³/mol. The Bertz CT molecular complexity index is 412. The standard InChI is InChI=1S/C13H21N3O4/c1-9-12(19)14-5-7-15(9)13(20)16-6-3-2-4-10(16)8-11(17)18/h9-10H,2-8H2,1H3,(H,14,19)(H,17,18). The maximum Gasteiger partial charge on any atom is 0.321 e. The summed E-state index contributed by atoms with van der Waals surface area (Å²) in [5, 5.41) is 11.7. The van der Waals surface area contributed by atoms with E-state index in [-0.39, 0.29) is 24.4 Å². The fraction of sp³-hybridized carbons (Fsp3) is 0.769. The van der Waals surface area contributed by atoms with Crippen LogP contribution in [0.1, 0.15) is 32.6 Å². The van der Waals surface area contributed by atoms with E-state index in [4.69, 9.17) is 5.11 Å². The van der Waals surface area contributed by atoms with Crippen LogP contribution in [0.3, 0.4) is 0 Å². The summed E-state index contributed by atoms with van der Waals surface area (Å²) in [4.78, 5) is 38.3. The Morgan fingerprint density at radius 1 is 1.30 bits per heavy atom. The van der Waals surface area contributed by atoms with Crippen molar-refractivity contribution in [3.8, 4) is 0 Å². The fourth-order valence-corrected chi connectivity index (χ4v) is 2.87. The van der Waals surface area contributed by atoms with Crippen LogP contribution in [0.15, 0.2) is 0 Å². The van der Waals surface area contributed by atoms with Gasteiger partial charge in [-0.3, -0.25) is 9.59 Å². The lowest BCUT2D eigenvalue weighted by Crippen LogP contribution is -2.60. The number of urea groups is 1. The quantitative estimate of drug-likeness (QED) is 0.760. The van der Waals surface area contributed by atoms with Crippen molar-refractivity contribution in [2.75, 3.05) is 19.6 Å². The number of carbonyl (C=O) groups is 3. The topological polar surface area (TPSA) is 90.0 Å². The number of carboxylic acids is 1. The highest BCUT2D eigenvalue weighted by atomic mass is 16.4. The summed E-state index contributed by atoms with van der Waals surface area (Å²) in [6.45, 7) is 3.19. The summed E-state index contributed by atoms with van der Waals surface area (Å²) in [5.74, 6) is -1.05. The third-order valence-electron chi connectivity index (χ3n) is 4.03. The Morgan fingerprint density at radius 2 is 2.05 bits per heavy atom. The van der Waals surface area contributed by atoms with E-state index in [2.05, 4.69) is 5.32 Å². The molecule has 7 heteroatoms. The lowest BCUT2D eigenvalue weighted by atomic mass is 9.99. The molecule has 0 spiro atoms. The number of nitrogens with one attached hydrogen (secondary N) is 1. The third-order valence-corrected chi connectivity index (χ3v) is 4.03. The first-order valence-electron chi connectivity index (χ1n) is 7.07. The second-order valence-corrected chi connectivity index (χ2v) is 5.38. The second kappa shape index (κ2) is 6.11. The minimum Gasteiger partial charge on any atom is -0.481 e. The van der Waals surface area contributed by atoms with Gasteiger partial charge in [-0.05, 0) is 26.2 Å². The molecular weight excluding hydrogens is 262 g/mol. The Kier molecular flexibility index (Phi) is 4.46. The summed E-state index contributed by atoms with van der Waals surface area (Å²) in [5.41, 5.74) is 0. The van der Waals surface area contributed by atoms with Crippen LogP contribution in [0.4, 0.5) is 4.79 Å². The van der Waals surface area contributed by atoms with Crippen LogP contribution in [0.25, 0.3) is 0 Å². The summed E-state index contributed by atoms with van der Waals surface area (Å²) in [6.07, 6.45) is 2.51. The van der Waals surface area contributed by atoms with Crippen LogP contribution in [0, 0.1) is 0 Å². The zero-order valence-electron chi connectivity index (χ0n) is 11.7. The van der Waals surface area contributed by atoms with Gasteiger partial charge >= 0.3 is 12.0 Å². The third kappa shape index (κ3) is 3.02. The lowest BCUT2D eigenvalue weighted by Gasteiger charge is -2.41. The van der Waals surface area contributed by atoms with Crippen molar-refractivity contribution >= 4 is 17.9 Å². The molecule has 2 aliphatic rings. The van der Waals surface area contributed by atoms with Crippen LogP contribution in [0.2, 0.25) is 0 Å². The predicted octanol–water partition coefficient (Wildman–Crippen LogP) is 0.256. The average molecular weight is 283 g/mol. The first kappa shape index (κ1) is 14.6. The molecule has 0 aromatic rings. The van der Waals surface area contributed by atoms with Crippen molar-refractivity contribution in [3.63, 3.8) is 0 Å². The zero-order chi connectivity index (χ0) is 14.7. The zero-order valence-corrected chi connectivity index (χ0v) is 11.7. The molecule has 3 amide bonds. The number of piperazine rings is 1. The number of likely N-dealkylation sites (tertiary alicyclic amines) is 1. The number of rotatable bonds is 2. The van der Waals surface area contributed by atoms with Crippen molar-refractivity contribution in [2.45, 2.75) is 44.7 Å². The molecule has 2 N–H and O–H groups in total. The normalized spacial score (nSPS) is 27.1. The largest absolute Gasteiger partial charge is 0.481 e. The Balaban J connectivity index is 2.08. The molecule has 0 aromatic carbocycles. The molecule has 2 fully saturated rings. The van der Waals surface area contributed by atoms with Crippen LogP contribution in [-0.4, -0.2) is 64.5 Å². The first-order chi connectivity index (χ1) is 9.50. The van der Waals surface area contributed by atoms with Crippen LogP contribution >= 0.6 is 0 Å². The molecule has 112 valence electrons. The van der Waals surface area contributed by atoms with E-state index in [0.29, 0.717) is 26.1 Å². The van der Waals surface area contributed by atoms with Gasteiger partial charge in [-0.15, -0.1) is 0 Å². The minimum atomic E-state index is -0.890. The number of hydrogen-bond acceptors (Lipinski definition) is 3. The molecule has 2 rings (SSSR count). The highest BCUT2D eigenvalue weighted by molar-refractivity contribution is 5.88. The minimum absolute atomic E-state index is 0.0276. The van der Waals surface area contributed by atoms with Gasteiger partial charge in [0.1, 0.15) is 6.04 Å². The van der Waals surface area contributed by atoms with Gasteiger partial charge in [-0.1, -0.05) is 0 Å². The van der Waals surface area contributed by atoms with E-state index in [1.807, 2.05) is 0 Å². The van der Waals surface area contributed by atoms with E-state index in [1.165, 1.54) is 0 Å². The molecule has 0 aromatic heterocycles. The molecule has 0 aliphatic carbocycles. The monoisotopic (exact) mass is 283 g/mol. The molecule has 2 aliphatic heterocycles. The average Bonchev–Trinajstić information content (AvgIpc) is 2.41. The molecule has 0 bridgehead atoms. The molecular formula is C13H21N3O4. The van der Waals surface area contributed by atoms with E-state index in [0.717, 1.165) is 12.8 Å². The molecule has 2 heterocycles. The Morgan fingerprint density at radius 3 is 2.75 bits per heavy atom. The van der Waals surface area contributed by atoms with Gasteiger partial charge in [0.2, 0.25) is 5.91 Å². The molecule has 2 saturated heterocycles. The van der Waals surface area contributed by atoms with Gasteiger partial charge < -0.3 is 20.2 Å². The number of hydrogen-bond donors (Lipinski definition) is 2. The van der Waals surface area contributed by atoms with Gasteiger partial charge in [-0.2, -0.15) is 0 Å². The number of nitrogens with zero attached hydrogens (tertiary/aromatic N) is 2. The lowest BCUT2D eigenvalue weighted by molar-refractivity contribution is -0.138.